The van der Waals surface area contributed by atoms with E-state index < -0.39 is 0 Å². The van der Waals surface area contributed by atoms with Crippen LogP contribution in [-0.4, -0.2) is 32.0 Å². The number of rotatable bonds is 6. The molecule has 1 aliphatic rings. The van der Waals surface area contributed by atoms with Gasteiger partial charge in [0.2, 0.25) is 5.91 Å². The second-order valence-electron chi connectivity index (χ2n) is 6.48. The first-order valence-corrected chi connectivity index (χ1v) is 9.05. The zero-order valence-electron chi connectivity index (χ0n) is 15.2. The van der Waals surface area contributed by atoms with Gasteiger partial charge in [-0.3, -0.25) is 9.79 Å². The molecule has 2 aromatic carbocycles. The van der Waals surface area contributed by atoms with Gasteiger partial charge in [0.25, 0.3) is 0 Å². The molecule has 0 atom stereocenters. The van der Waals surface area contributed by atoms with Crippen LogP contribution in [0.3, 0.4) is 0 Å². The van der Waals surface area contributed by atoms with Crippen LogP contribution in [0, 0.1) is 0 Å². The Morgan fingerprint density at radius 3 is 2.48 bits per heavy atom. The third-order valence-corrected chi connectivity index (χ3v) is 4.82. The average molecular weight is 499 g/mol. The summed E-state index contributed by atoms with van der Waals surface area (Å²) in [4.78, 5) is 16.2. The number of aliphatic imine (C=N–C) groups is 1. The van der Waals surface area contributed by atoms with E-state index in [1.807, 2.05) is 48.5 Å². The van der Waals surface area contributed by atoms with Crippen molar-refractivity contribution in [2.24, 2.45) is 4.99 Å². The molecule has 5 nitrogen and oxygen atoms in total. The number of nitrogens with zero attached hydrogens (tertiary/aromatic N) is 1. The maximum absolute atomic E-state index is 12.0. The second-order valence-corrected chi connectivity index (χ2v) is 6.92. The van der Waals surface area contributed by atoms with Gasteiger partial charge in [-0.05, 0) is 42.7 Å². The van der Waals surface area contributed by atoms with Crippen LogP contribution in [0.4, 0.5) is 5.69 Å². The van der Waals surface area contributed by atoms with Crippen molar-refractivity contribution >= 4 is 53.1 Å². The summed E-state index contributed by atoms with van der Waals surface area (Å²) in [6, 6.07) is 17.4. The highest BCUT2D eigenvalue weighted by atomic mass is 127. The van der Waals surface area contributed by atoms with Crippen LogP contribution in [0.25, 0.3) is 0 Å². The molecule has 27 heavy (non-hydrogen) atoms. The first kappa shape index (κ1) is 21.5. The fourth-order valence-corrected chi connectivity index (χ4v) is 3.09. The first-order valence-electron chi connectivity index (χ1n) is 8.67. The van der Waals surface area contributed by atoms with Crippen LogP contribution in [0.5, 0.6) is 0 Å². The molecule has 0 saturated heterocycles. The molecule has 1 aliphatic carbocycles. The maximum Gasteiger partial charge on any atom is 0.243 e. The Bertz CT molecular complexity index is 794. The zero-order chi connectivity index (χ0) is 18.4. The largest absolute Gasteiger partial charge is 0.356 e. The molecule has 0 aromatic heterocycles. The van der Waals surface area contributed by atoms with Crippen molar-refractivity contribution in [1.29, 1.82) is 0 Å². The molecule has 0 bridgehead atoms. The lowest BCUT2D eigenvalue weighted by atomic mass is 9.96. The SMILES string of the molecule is CN=C(NCC(=O)Nc1ccccc1)NCC1(c2cccc(Cl)c2)CC1.I. The summed E-state index contributed by atoms with van der Waals surface area (Å²) in [5, 5.41) is 9.98. The van der Waals surface area contributed by atoms with Gasteiger partial charge in [-0.2, -0.15) is 0 Å². The molecule has 1 saturated carbocycles. The number of benzene rings is 2. The van der Waals surface area contributed by atoms with Crippen molar-refractivity contribution in [3.05, 3.63) is 65.2 Å². The van der Waals surface area contributed by atoms with E-state index in [0.29, 0.717) is 5.96 Å². The van der Waals surface area contributed by atoms with Gasteiger partial charge in [-0.1, -0.05) is 41.9 Å². The fraction of sp³-hybridized carbons (Fsp3) is 0.300. The molecule has 1 fully saturated rings. The number of anilines is 1. The lowest BCUT2D eigenvalue weighted by Gasteiger charge is -2.19. The molecule has 1 amide bonds. The first-order chi connectivity index (χ1) is 12.6. The predicted molar refractivity (Wildman–Crippen MR) is 122 cm³/mol. The lowest BCUT2D eigenvalue weighted by Crippen LogP contribution is -2.44. The Kier molecular flexibility index (Phi) is 7.91. The molecule has 3 rings (SSSR count). The third kappa shape index (κ3) is 6.10. The minimum atomic E-state index is -0.116. The van der Waals surface area contributed by atoms with Gasteiger partial charge < -0.3 is 16.0 Å². The van der Waals surface area contributed by atoms with Gasteiger partial charge in [-0.15, -0.1) is 24.0 Å². The van der Waals surface area contributed by atoms with E-state index in [9.17, 15) is 4.79 Å². The van der Waals surface area contributed by atoms with Gasteiger partial charge in [0.1, 0.15) is 0 Å². The van der Waals surface area contributed by atoms with E-state index in [-0.39, 0.29) is 41.8 Å². The summed E-state index contributed by atoms with van der Waals surface area (Å²) < 4.78 is 0. The molecule has 0 aliphatic heterocycles. The zero-order valence-corrected chi connectivity index (χ0v) is 18.3. The van der Waals surface area contributed by atoms with Crippen LogP contribution < -0.4 is 16.0 Å². The smallest absolute Gasteiger partial charge is 0.243 e. The number of carbonyl (C=O) groups is 1. The molecule has 0 radical (unpaired) electrons. The van der Waals surface area contributed by atoms with Crippen molar-refractivity contribution in [2.75, 3.05) is 25.5 Å². The number of carbonyl (C=O) groups excluding carboxylic acids is 1. The van der Waals surface area contributed by atoms with E-state index in [4.69, 9.17) is 11.6 Å². The van der Waals surface area contributed by atoms with Crippen molar-refractivity contribution in [3.8, 4) is 0 Å². The van der Waals surface area contributed by atoms with Gasteiger partial charge in [0, 0.05) is 29.7 Å². The number of para-hydroxylation sites is 1. The van der Waals surface area contributed by atoms with E-state index in [1.165, 1.54) is 5.56 Å². The molecule has 0 unspecified atom stereocenters. The van der Waals surface area contributed by atoms with Gasteiger partial charge in [0.05, 0.1) is 6.54 Å². The van der Waals surface area contributed by atoms with Crippen LogP contribution in [0.1, 0.15) is 18.4 Å². The summed E-state index contributed by atoms with van der Waals surface area (Å²) in [5.74, 6) is 0.497. The van der Waals surface area contributed by atoms with Crippen LogP contribution in [0.2, 0.25) is 5.02 Å². The number of hydrogen-bond acceptors (Lipinski definition) is 2. The number of amides is 1. The van der Waals surface area contributed by atoms with E-state index in [2.05, 4.69) is 27.0 Å². The fourth-order valence-electron chi connectivity index (χ4n) is 2.90. The summed E-state index contributed by atoms with van der Waals surface area (Å²) in [7, 11) is 1.70. The quantitative estimate of drug-likeness (QED) is 0.323. The Balaban J connectivity index is 0.00000261. The minimum absolute atomic E-state index is 0. The Morgan fingerprint density at radius 1 is 1.11 bits per heavy atom. The monoisotopic (exact) mass is 498 g/mol. The lowest BCUT2D eigenvalue weighted by molar-refractivity contribution is -0.115. The summed E-state index contributed by atoms with van der Waals surface area (Å²) >= 11 is 6.12. The van der Waals surface area contributed by atoms with Crippen molar-refractivity contribution in [3.63, 3.8) is 0 Å². The topological polar surface area (TPSA) is 65.5 Å². The normalized spacial score (nSPS) is 14.7. The number of guanidine groups is 1. The van der Waals surface area contributed by atoms with Crippen molar-refractivity contribution in [1.82, 2.24) is 10.6 Å². The number of halogens is 2. The van der Waals surface area contributed by atoms with Crippen molar-refractivity contribution < 1.29 is 4.79 Å². The summed E-state index contributed by atoms with van der Waals surface area (Å²) in [6.45, 7) is 0.909. The Morgan fingerprint density at radius 2 is 1.85 bits per heavy atom. The van der Waals surface area contributed by atoms with E-state index in [0.717, 1.165) is 30.1 Å². The number of hydrogen-bond donors (Lipinski definition) is 3. The third-order valence-electron chi connectivity index (χ3n) is 4.58. The van der Waals surface area contributed by atoms with Crippen LogP contribution in [0.15, 0.2) is 59.6 Å². The minimum Gasteiger partial charge on any atom is -0.356 e. The highest BCUT2D eigenvalue weighted by Crippen LogP contribution is 2.48. The molecule has 0 spiro atoms. The number of nitrogens with one attached hydrogen (secondary N) is 3. The highest BCUT2D eigenvalue weighted by Gasteiger charge is 2.44. The molecular weight excluding hydrogens is 475 g/mol. The molecule has 2 aromatic rings. The van der Waals surface area contributed by atoms with Gasteiger partial charge in [0.15, 0.2) is 5.96 Å². The maximum atomic E-state index is 12.0. The molecule has 0 heterocycles. The van der Waals surface area contributed by atoms with Crippen LogP contribution >= 0.6 is 35.6 Å². The molecule has 3 N–H and O–H groups in total. The average Bonchev–Trinajstić information content (AvgIpc) is 3.44. The summed E-state index contributed by atoms with van der Waals surface area (Å²) in [5.41, 5.74) is 2.13. The summed E-state index contributed by atoms with van der Waals surface area (Å²) in [6.07, 6.45) is 2.23. The molecule has 144 valence electrons. The Hall–Kier alpha value is -1.80. The standard InChI is InChI=1S/C20H23ClN4O.HI/c1-22-19(23-13-18(26)25-17-8-3-2-4-9-17)24-14-20(10-11-20)15-6-5-7-16(21)12-15;/h2-9,12H,10-11,13-14H2,1H3,(H,25,26)(H2,22,23,24);1H. The van der Waals surface area contributed by atoms with Crippen molar-refractivity contribution in [2.45, 2.75) is 18.3 Å². The van der Waals surface area contributed by atoms with E-state index >= 15 is 0 Å². The predicted octanol–water partition coefficient (Wildman–Crippen LogP) is 3.79. The molecule has 7 heteroatoms. The van der Waals surface area contributed by atoms with Crippen LogP contribution in [-0.2, 0) is 10.2 Å². The Labute approximate surface area is 182 Å². The highest BCUT2D eigenvalue weighted by molar-refractivity contribution is 14.0. The van der Waals surface area contributed by atoms with Gasteiger partial charge in [-0.25, -0.2) is 0 Å². The van der Waals surface area contributed by atoms with Gasteiger partial charge >= 0.3 is 0 Å². The second kappa shape index (κ2) is 9.94. The van der Waals surface area contributed by atoms with E-state index in [1.54, 1.807) is 7.05 Å². The molecular formula is C20H24ClIN4O.